The molecule has 2 fully saturated rings. The lowest BCUT2D eigenvalue weighted by molar-refractivity contribution is 0.0923. The van der Waals surface area contributed by atoms with E-state index in [0.717, 1.165) is 12.3 Å². The summed E-state index contributed by atoms with van der Waals surface area (Å²) in [6.07, 6.45) is 4.91. The van der Waals surface area contributed by atoms with Gasteiger partial charge in [-0.25, -0.2) is 0 Å². The molecule has 0 saturated heterocycles. The number of nitrogens with one attached hydrogen (secondary N) is 1. The van der Waals surface area contributed by atoms with E-state index in [0.29, 0.717) is 33.3 Å². The summed E-state index contributed by atoms with van der Waals surface area (Å²) in [4.78, 5) is 12.2. The predicted molar refractivity (Wildman–Crippen MR) is 77.6 cm³/mol. The van der Waals surface area contributed by atoms with E-state index in [4.69, 9.17) is 28.9 Å². The molecule has 0 radical (unpaired) electrons. The molecule has 3 nitrogen and oxygen atoms in total. The maximum atomic E-state index is 12.2. The van der Waals surface area contributed by atoms with Gasteiger partial charge in [-0.05, 0) is 43.2 Å². The Bertz CT molecular complexity index is 509. The van der Waals surface area contributed by atoms with Gasteiger partial charge in [0.15, 0.2) is 0 Å². The second kappa shape index (κ2) is 4.88. The Morgan fingerprint density at radius 2 is 1.89 bits per heavy atom. The molecule has 5 heteroatoms. The van der Waals surface area contributed by atoms with Gasteiger partial charge in [0.05, 0.1) is 15.7 Å². The Morgan fingerprint density at radius 1 is 1.21 bits per heavy atom. The molecule has 1 aromatic rings. The van der Waals surface area contributed by atoms with Gasteiger partial charge in [0.1, 0.15) is 0 Å². The van der Waals surface area contributed by atoms with Gasteiger partial charge in [0.2, 0.25) is 0 Å². The summed E-state index contributed by atoms with van der Waals surface area (Å²) in [5.74, 6) is 1.34. The molecular formula is C14H16Cl2N2O. The van der Waals surface area contributed by atoms with Gasteiger partial charge in [-0.1, -0.05) is 29.6 Å². The van der Waals surface area contributed by atoms with Gasteiger partial charge in [-0.15, -0.1) is 0 Å². The van der Waals surface area contributed by atoms with Crippen molar-refractivity contribution in [3.63, 3.8) is 0 Å². The maximum Gasteiger partial charge on any atom is 0.251 e. The van der Waals surface area contributed by atoms with Crippen LogP contribution in [0.1, 0.15) is 36.0 Å². The van der Waals surface area contributed by atoms with Gasteiger partial charge in [0.25, 0.3) is 5.91 Å². The summed E-state index contributed by atoms with van der Waals surface area (Å²) in [7, 11) is 0. The largest absolute Gasteiger partial charge is 0.396 e. The maximum absolute atomic E-state index is 12.2. The Labute approximate surface area is 122 Å². The van der Waals surface area contributed by atoms with Crippen LogP contribution >= 0.6 is 23.2 Å². The predicted octanol–water partition coefficient (Wildman–Crippen LogP) is 3.49. The molecule has 3 unspecified atom stereocenters. The number of halogens is 2. The molecule has 0 aliphatic heterocycles. The van der Waals surface area contributed by atoms with Crippen LogP contribution in [0.3, 0.4) is 0 Å². The third-order valence-electron chi connectivity index (χ3n) is 4.40. The summed E-state index contributed by atoms with van der Waals surface area (Å²) >= 11 is 11.9. The summed E-state index contributed by atoms with van der Waals surface area (Å²) in [5, 5.41) is 3.75. The zero-order chi connectivity index (χ0) is 13.6. The van der Waals surface area contributed by atoms with Crippen LogP contribution in [0.2, 0.25) is 10.0 Å². The fraction of sp³-hybridized carbons (Fsp3) is 0.500. The number of benzene rings is 1. The van der Waals surface area contributed by atoms with Crippen molar-refractivity contribution in [2.75, 3.05) is 5.73 Å². The zero-order valence-corrected chi connectivity index (χ0v) is 12.0. The molecule has 102 valence electrons. The lowest BCUT2D eigenvalue weighted by Gasteiger charge is -2.23. The van der Waals surface area contributed by atoms with Crippen molar-refractivity contribution >= 4 is 34.8 Å². The minimum atomic E-state index is -0.110. The molecule has 2 aliphatic carbocycles. The average molecular weight is 299 g/mol. The Morgan fingerprint density at radius 3 is 2.42 bits per heavy atom. The van der Waals surface area contributed by atoms with Crippen LogP contribution in [0.5, 0.6) is 0 Å². The van der Waals surface area contributed by atoms with Crippen LogP contribution < -0.4 is 11.1 Å². The number of amides is 1. The highest BCUT2D eigenvalue weighted by atomic mass is 35.5. The molecule has 2 aliphatic rings. The standard InChI is InChI=1S/C14H16Cl2N2O/c15-10-5-9(6-11(16)13(10)17)14(19)18-12-4-7-1-2-8(12)3-7/h5-8,12H,1-4,17H2,(H,18,19). The quantitative estimate of drug-likeness (QED) is 0.821. The first-order valence-corrected chi connectivity index (χ1v) is 7.35. The van der Waals surface area contributed by atoms with Crippen LogP contribution in [0, 0.1) is 11.8 Å². The highest BCUT2D eigenvalue weighted by Gasteiger charge is 2.40. The van der Waals surface area contributed by atoms with Crippen molar-refractivity contribution in [1.29, 1.82) is 0 Å². The molecule has 1 aromatic carbocycles. The molecule has 0 heterocycles. The number of anilines is 1. The van der Waals surface area contributed by atoms with E-state index in [1.165, 1.54) is 19.3 Å². The number of fused-ring (bicyclic) bond motifs is 2. The topological polar surface area (TPSA) is 55.1 Å². The van der Waals surface area contributed by atoms with Gasteiger partial charge < -0.3 is 11.1 Å². The molecule has 2 bridgehead atoms. The molecule has 0 spiro atoms. The minimum absolute atomic E-state index is 0.110. The summed E-state index contributed by atoms with van der Waals surface area (Å²) in [5.41, 5.74) is 6.47. The number of nitrogens with two attached hydrogens (primary N) is 1. The van der Waals surface area contributed by atoms with Gasteiger partial charge >= 0.3 is 0 Å². The van der Waals surface area contributed by atoms with E-state index in [1.54, 1.807) is 12.1 Å². The van der Waals surface area contributed by atoms with Crippen molar-refractivity contribution in [2.45, 2.75) is 31.7 Å². The molecule has 2 saturated carbocycles. The Balaban J connectivity index is 1.74. The monoisotopic (exact) mass is 298 g/mol. The highest BCUT2D eigenvalue weighted by molar-refractivity contribution is 6.39. The SMILES string of the molecule is Nc1c(Cl)cc(C(=O)NC2CC3CCC2C3)cc1Cl. The van der Waals surface area contributed by atoms with Crippen molar-refractivity contribution in [1.82, 2.24) is 5.32 Å². The van der Waals surface area contributed by atoms with Gasteiger partial charge in [-0.2, -0.15) is 0 Å². The number of hydrogen-bond donors (Lipinski definition) is 2. The number of carbonyl (C=O) groups excluding carboxylic acids is 1. The van der Waals surface area contributed by atoms with E-state index in [-0.39, 0.29) is 5.91 Å². The van der Waals surface area contributed by atoms with Crippen LogP contribution in [-0.4, -0.2) is 11.9 Å². The number of rotatable bonds is 2. The van der Waals surface area contributed by atoms with Crippen molar-refractivity contribution in [3.8, 4) is 0 Å². The van der Waals surface area contributed by atoms with E-state index < -0.39 is 0 Å². The Kier molecular flexibility index (Phi) is 3.35. The summed E-state index contributed by atoms with van der Waals surface area (Å²) in [6.45, 7) is 0. The van der Waals surface area contributed by atoms with E-state index >= 15 is 0 Å². The lowest BCUT2D eigenvalue weighted by atomic mass is 9.95. The first-order chi connectivity index (χ1) is 9.04. The van der Waals surface area contributed by atoms with Crippen LogP contribution in [-0.2, 0) is 0 Å². The number of hydrogen-bond acceptors (Lipinski definition) is 2. The van der Waals surface area contributed by atoms with Crippen LogP contribution in [0.15, 0.2) is 12.1 Å². The normalized spacial score (nSPS) is 28.6. The van der Waals surface area contributed by atoms with E-state index in [9.17, 15) is 4.79 Å². The molecule has 3 N–H and O–H groups in total. The second-order valence-electron chi connectivity index (χ2n) is 5.61. The molecule has 1 amide bonds. The van der Waals surface area contributed by atoms with Crippen molar-refractivity contribution in [3.05, 3.63) is 27.7 Å². The van der Waals surface area contributed by atoms with Crippen LogP contribution in [0.4, 0.5) is 5.69 Å². The summed E-state index contributed by atoms with van der Waals surface area (Å²) < 4.78 is 0. The first kappa shape index (κ1) is 13.1. The highest BCUT2D eigenvalue weighted by Crippen LogP contribution is 2.44. The zero-order valence-electron chi connectivity index (χ0n) is 10.5. The molecule has 3 atom stereocenters. The second-order valence-corrected chi connectivity index (χ2v) is 6.42. The number of nitrogen functional groups attached to an aromatic ring is 1. The smallest absolute Gasteiger partial charge is 0.251 e. The van der Waals surface area contributed by atoms with Crippen molar-refractivity contribution in [2.24, 2.45) is 11.8 Å². The van der Waals surface area contributed by atoms with Gasteiger partial charge in [-0.3, -0.25) is 4.79 Å². The fourth-order valence-corrected chi connectivity index (χ4v) is 3.88. The molecular weight excluding hydrogens is 283 g/mol. The van der Waals surface area contributed by atoms with Gasteiger partial charge in [0, 0.05) is 11.6 Å². The average Bonchev–Trinajstić information content (AvgIpc) is 2.97. The molecule has 19 heavy (non-hydrogen) atoms. The van der Waals surface area contributed by atoms with Crippen molar-refractivity contribution < 1.29 is 4.79 Å². The first-order valence-electron chi connectivity index (χ1n) is 6.60. The van der Waals surface area contributed by atoms with E-state index in [1.807, 2.05) is 0 Å². The lowest BCUT2D eigenvalue weighted by Crippen LogP contribution is -2.38. The summed E-state index contributed by atoms with van der Waals surface area (Å²) in [6, 6.07) is 3.46. The third kappa shape index (κ3) is 2.41. The fourth-order valence-electron chi connectivity index (χ4n) is 3.39. The van der Waals surface area contributed by atoms with E-state index in [2.05, 4.69) is 5.32 Å². The van der Waals surface area contributed by atoms with Crippen LogP contribution in [0.25, 0.3) is 0 Å². The number of carbonyl (C=O) groups is 1. The Hall–Kier alpha value is -0.930. The molecule has 3 rings (SSSR count). The molecule has 0 aromatic heterocycles. The third-order valence-corrected chi connectivity index (χ3v) is 5.02. The minimum Gasteiger partial charge on any atom is -0.396 e.